The highest BCUT2D eigenvalue weighted by Gasteiger charge is 2.35. The van der Waals surface area contributed by atoms with Gasteiger partial charge in [0.25, 0.3) is 0 Å². The molecule has 5 rings (SSSR count). The van der Waals surface area contributed by atoms with Crippen LogP contribution >= 0.6 is 0 Å². The minimum atomic E-state index is -4.86. The van der Waals surface area contributed by atoms with Crippen LogP contribution in [0.1, 0.15) is 62.5 Å². The standard InChI is InChI=1S/C40H50F6N10O6/c41-39(42,43)23-17-29(53-33(57)5-1-3-13-47)35(61-27-11-15-49-21-27)31(19-23)55-37(59)51-25-7-9-26(10-8-25)52-38(60)56-32-20-24(40(44,45)46)18-30(54-34(58)6-2-4-14-48)36(32)62-28-12-16-50-22-28/h7-10,17-20,27-28,49-50H,1-6,11-16,21-22,47-48H2,(H,53,57)(H,54,58)(H2,51,55,59)(H2,52,56,60). The van der Waals surface area contributed by atoms with Gasteiger partial charge in [0.15, 0.2) is 11.5 Å². The number of nitrogens with one attached hydrogen (secondary N) is 8. The molecule has 2 saturated heterocycles. The van der Waals surface area contributed by atoms with Crippen molar-refractivity contribution in [1.82, 2.24) is 10.6 Å². The molecule has 0 radical (unpaired) electrons. The molecule has 2 atom stereocenters. The molecule has 6 amide bonds. The largest absolute Gasteiger partial charge is 0.485 e. The van der Waals surface area contributed by atoms with Gasteiger partial charge in [-0.05, 0) is 113 Å². The number of carbonyl (C=O) groups excluding carboxylic acids is 4. The Hall–Kier alpha value is -5.84. The van der Waals surface area contributed by atoms with Crippen molar-refractivity contribution >= 4 is 58.0 Å². The summed E-state index contributed by atoms with van der Waals surface area (Å²) in [6, 6.07) is 6.29. The summed E-state index contributed by atoms with van der Waals surface area (Å²) in [5.74, 6) is -1.49. The van der Waals surface area contributed by atoms with E-state index in [2.05, 4.69) is 42.5 Å². The first kappa shape index (κ1) is 47.2. The van der Waals surface area contributed by atoms with Gasteiger partial charge in [0.05, 0.1) is 33.9 Å². The fraction of sp³-hybridized carbons (Fsp3) is 0.450. The van der Waals surface area contributed by atoms with Gasteiger partial charge < -0.3 is 63.5 Å². The Morgan fingerprint density at radius 3 is 1.23 bits per heavy atom. The number of halogens is 6. The zero-order chi connectivity index (χ0) is 44.9. The molecule has 0 spiro atoms. The van der Waals surface area contributed by atoms with Gasteiger partial charge >= 0.3 is 24.4 Å². The van der Waals surface area contributed by atoms with Crippen LogP contribution in [0.3, 0.4) is 0 Å². The highest BCUT2D eigenvalue weighted by Crippen LogP contribution is 2.43. The molecule has 0 saturated carbocycles. The number of urea groups is 2. The maximum absolute atomic E-state index is 14.1. The highest BCUT2D eigenvalue weighted by atomic mass is 19.4. The summed E-state index contributed by atoms with van der Waals surface area (Å²) >= 11 is 0. The maximum atomic E-state index is 14.1. The Morgan fingerprint density at radius 2 is 0.919 bits per heavy atom. The van der Waals surface area contributed by atoms with Gasteiger partial charge in [0.2, 0.25) is 11.8 Å². The number of hydrogen-bond donors (Lipinski definition) is 10. The average Bonchev–Trinajstić information content (AvgIpc) is 3.92. The van der Waals surface area contributed by atoms with E-state index in [1.54, 1.807) is 0 Å². The second-order valence-electron chi connectivity index (χ2n) is 14.6. The molecular formula is C40H50F6N10O6. The lowest BCUT2D eigenvalue weighted by Gasteiger charge is -2.22. The number of carbonyl (C=O) groups is 4. The molecule has 2 unspecified atom stereocenters. The third-order valence-corrected chi connectivity index (χ3v) is 9.59. The van der Waals surface area contributed by atoms with E-state index in [4.69, 9.17) is 20.9 Å². The first-order chi connectivity index (χ1) is 29.5. The van der Waals surface area contributed by atoms with Crippen LogP contribution in [0.5, 0.6) is 11.5 Å². The summed E-state index contributed by atoms with van der Waals surface area (Å²) in [5, 5.41) is 20.9. The van der Waals surface area contributed by atoms with Gasteiger partial charge in [0, 0.05) is 37.3 Å². The second-order valence-corrected chi connectivity index (χ2v) is 14.6. The molecule has 0 aliphatic carbocycles. The van der Waals surface area contributed by atoms with Crippen LogP contribution in [0.15, 0.2) is 48.5 Å². The molecule has 2 aliphatic rings. The van der Waals surface area contributed by atoms with Crippen LogP contribution in [-0.2, 0) is 21.9 Å². The SMILES string of the molecule is NCCCCC(=O)Nc1cc(C(F)(F)F)cc(NC(=O)Nc2ccc(NC(=O)Nc3cc(C(F)(F)F)cc(NC(=O)CCCCN)c3OC3CCNC3)cc2)c1OC1CCNC1. The number of alkyl halides is 6. The Kier molecular flexibility index (Phi) is 16.6. The number of benzene rings is 3. The second kappa shape index (κ2) is 21.8. The number of unbranched alkanes of at least 4 members (excludes halogenated alkanes) is 2. The Bertz CT molecular complexity index is 1880. The summed E-state index contributed by atoms with van der Waals surface area (Å²) in [5.41, 5.74) is 7.63. The van der Waals surface area contributed by atoms with Gasteiger partial charge in [-0.25, -0.2) is 9.59 Å². The van der Waals surface area contributed by atoms with Crippen molar-refractivity contribution in [1.29, 1.82) is 0 Å². The van der Waals surface area contributed by atoms with Gasteiger partial charge in [-0.1, -0.05) is 0 Å². The zero-order valence-corrected chi connectivity index (χ0v) is 33.5. The van der Waals surface area contributed by atoms with Gasteiger partial charge in [-0.2, -0.15) is 26.3 Å². The molecule has 338 valence electrons. The van der Waals surface area contributed by atoms with E-state index in [0.717, 1.165) is 12.1 Å². The average molecular weight is 881 g/mol. The molecule has 2 fully saturated rings. The summed E-state index contributed by atoms with van der Waals surface area (Å²) in [4.78, 5) is 51.9. The van der Waals surface area contributed by atoms with Crippen LogP contribution in [0.2, 0.25) is 0 Å². The van der Waals surface area contributed by atoms with E-state index in [1.807, 2.05) is 0 Å². The Balaban J connectivity index is 1.32. The molecule has 12 N–H and O–H groups in total. The number of ether oxygens (including phenoxy) is 2. The summed E-state index contributed by atoms with van der Waals surface area (Å²) < 4.78 is 96.5. The van der Waals surface area contributed by atoms with Crippen molar-refractivity contribution in [3.63, 3.8) is 0 Å². The predicted octanol–water partition coefficient (Wildman–Crippen LogP) is 6.63. The van der Waals surface area contributed by atoms with Crippen LogP contribution < -0.4 is 63.5 Å². The summed E-state index contributed by atoms with van der Waals surface area (Å²) in [6.45, 7) is 2.57. The number of anilines is 6. The lowest BCUT2D eigenvalue weighted by Crippen LogP contribution is -2.25. The topological polar surface area (TPSA) is 235 Å². The van der Waals surface area contributed by atoms with Crippen molar-refractivity contribution in [2.75, 3.05) is 71.2 Å². The first-order valence-corrected chi connectivity index (χ1v) is 20.0. The molecule has 3 aromatic carbocycles. The van der Waals surface area contributed by atoms with E-state index in [0.29, 0.717) is 89.9 Å². The quantitative estimate of drug-likeness (QED) is 0.0484. The van der Waals surface area contributed by atoms with Crippen molar-refractivity contribution in [2.24, 2.45) is 11.5 Å². The lowest BCUT2D eigenvalue weighted by molar-refractivity contribution is -0.138. The molecular weight excluding hydrogens is 830 g/mol. The van der Waals surface area contributed by atoms with E-state index >= 15 is 0 Å². The van der Waals surface area contributed by atoms with E-state index < -0.39 is 59.6 Å². The molecule has 16 nitrogen and oxygen atoms in total. The van der Waals surface area contributed by atoms with Crippen LogP contribution in [0.4, 0.5) is 70.1 Å². The van der Waals surface area contributed by atoms with Gasteiger partial charge in [-0.3, -0.25) is 9.59 Å². The first-order valence-electron chi connectivity index (χ1n) is 20.0. The minimum Gasteiger partial charge on any atom is -0.485 e. The Morgan fingerprint density at radius 1 is 0.565 bits per heavy atom. The number of rotatable bonds is 18. The van der Waals surface area contributed by atoms with Gasteiger partial charge in [-0.15, -0.1) is 0 Å². The van der Waals surface area contributed by atoms with E-state index in [9.17, 15) is 45.5 Å². The third-order valence-electron chi connectivity index (χ3n) is 9.59. The molecule has 3 aromatic rings. The smallest absolute Gasteiger partial charge is 0.416 e. The van der Waals surface area contributed by atoms with Crippen LogP contribution in [0, 0.1) is 0 Å². The molecule has 0 bridgehead atoms. The highest BCUT2D eigenvalue weighted by molar-refractivity contribution is 6.04. The van der Waals surface area contributed by atoms with E-state index in [1.165, 1.54) is 24.3 Å². The fourth-order valence-corrected chi connectivity index (χ4v) is 6.49. The Labute approximate surface area is 353 Å². The monoisotopic (exact) mass is 880 g/mol. The third kappa shape index (κ3) is 14.1. The molecule has 62 heavy (non-hydrogen) atoms. The molecule has 22 heteroatoms. The molecule has 2 aliphatic heterocycles. The summed E-state index contributed by atoms with van der Waals surface area (Å²) in [6.07, 6.45) is -7.81. The van der Waals surface area contributed by atoms with E-state index in [-0.39, 0.29) is 58.5 Å². The van der Waals surface area contributed by atoms with Crippen molar-refractivity contribution in [3.8, 4) is 11.5 Å². The number of amides is 6. The molecule has 2 heterocycles. The van der Waals surface area contributed by atoms with Crippen molar-refractivity contribution in [3.05, 3.63) is 59.7 Å². The van der Waals surface area contributed by atoms with Crippen molar-refractivity contribution in [2.45, 2.75) is 75.9 Å². The number of hydrogen-bond acceptors (Lipinski definition) is 10. The maximum Gasteiger partial charge on any atom is 0.416 e. The van der Waals surface area contributed by atoms with Crippen LogP contribution in [0.25, 0.3) is 0 Å². The normalized spacial score (nSPS) is 16.3. The predicted molar refractivity (Wildman–Crippen MR) is 221 cm³/mol. The van der Waals surface area contributed by atoms with Gasteiger partial charge in [0.1, 0.15) is 12.2 Å². The fourth-order valence-electron chi connectivity index (χ4n) is 6.49. The molecule has 0 aromatic heterocycles. The van der Waals surface area contributed by atoms with Crippen molar-refractivity contribution < 1.29 is 55.0 Å². The minimum absolute atomic E-state index is 0.0104. The lowest BCUT2D eigenvalue weighted by atomic mass is 10.1. The zero-order valence-electron chi connectivity index (χ0n) is 33.5. The van der Waals surface area contributed by atoms with Crippen LogP contribution in [-0.4, -0.2) is 75.4 Å². The number of nitrogens with two attached hydrogens (primary N) is 2. The summed E-state index contributed by atoms with van der Waals surface area (Å²) in [7, 11) is 0.